The summed E-state index contributed by atoms with van der Waals surface area (Å²) >= 11 is 14.7. The van der Waals surface area contributed by atoms with E-state index in [-0.39, 0.29) is 27.4 Å². The van der Waals surface area contributed by atoms with Crippen molar-refractivity contribution in [1.82, 2.24) is 15.3 Å². The monoisotopic (exact) mass is 392 g/mol. The van der Waals surface area contributed by atoms with Crippen molar-refractivity contribution in [3.8, 4) is 0 Å². The van der Waals surface area contributed by atoms with Gasteiger partial charge in [0, 0.05) is 11.5 Å². The Morgan fingerprint density at radius 3 is 2.76 bits per heavy atom. The first kappa shape index (κ1) is 15.9. The van der Waals surface area contributed by atoms with Crippen LogP contribution in [0.25, 0.3) is 0 Å². The van der Waals surface area contributed by atoms with Crippen molar-refractivity contribution in [1.29, 1.82) is 0 Å². The van der Waals surface area contributed by atoms with E-state index in [1.54, 1.807) is 0 Å². The Bertz CT molecular complexity index is 714. The van der Waals surface area contributed by atoms with E-state index in [0.29, 0.717) is 4.47 Å². The fraction of sp³-hybridized carbons (Fsp3) is 0.0833. The van der Waals surface area contributed by atoms with Crippen LogP contribution in [0.5, 0.6) is 0 Å². The zero-order valence-electron chi connectivity index (χ0n) is 10.5. The smallest absolute Gasteiger partial charge is 0.253 e. The summed E-state index contributed by atoms with van der Waals surface area (Å²) in [5.74, 6) is -1.01. The van der Waals surface area contributed by atoms with E-state index in [0.717, 1.165) is 0 Å². The van der Waals surface area contributed by atoms with E-state index in [1.807, 2.05) is 0 Å². The molecule has 2 rings (SSSR count). The number of halogens is 4. The van der Waals surface area contributed by atoms with Crippen LogP contribution in [0.1, 0.15) is 10.4 Å². The average molecular weight is 394 g/mol. The van der Waals surface area contributed by atoms with Crippen molar-refractivity contribution < 1.29 is 9.18 Å². The molecule has 9 heteroatoms. The molecule has 2 aromatic rings. The number of amides is 1. The average Bonchev–Trinajstić information content (AvgIpc) is 2.44. The van der Waals surface area contributed by atoms with Gasteiger partial charge in [0.25, 0.3) is 5.91 Å². The molecular weight excluding hydrogens is 386 g/mol. The first-order valence-electron chi connectivity index (χ1n) is 5.58. The molecule has 0 saturated heterocycles. The van der Waals surface area contributed by atoms with Gasteiger partial charge in [-0.15, -0.1) is 0 Å². The molecule has 1 aromatic carbocycles. The van der Waals surface area contributed by atoms with Gasteiger partial charge in [-0.05, 0) is 23.7 Å². The summed E-state index contributed by atoms with van der Waals surface area (Å²) in [7, 11) is 1.44. The first-order valence-corrected chi connectivity index (χ1v) is 7.13. The highest BCUT2D eigenvalue weighted by Crippen LogP contribution is 2.30. The van der Waals surface area contributed by atoms with Crippen molar-refractivity contribution in [3.63, 3.8) is 0 Å². The Labute approximate surface area is 138 Å². The molecule has 0 spiro atoms. The lowest BCUT2D eigenvalue weighted by Gasteiger charge is -2.13. The first-order chi connectivity index (χ1) is 9.92. The maximum absolute atomic E-state index is 14.1. The molecule has 1 amide bonds. The van der Waals surface area contributed by atoms with E-state index in [2.05, 4.69) is 36.5 Å². The fourth-order valence-electron chi connectivity index (χ4n) is 1.57. The second-order valence-electron chi connectivity index (χ2n) is 3.85. The van der Waals surface area contributed by atoms with Crippen LogP contribution in [0.3, 0.4) is 0 Å². The van der Waals surface area contributed by atoms with Gasteiger partial charge in [0.15, 0.2) is 5.82 Å². The molecule has 1 heterocycles. The Morgan fingerprint density at radius 2 is 2.10 bits per heavy atom. The summed E-state index contributed by atoms with van der Waals surface area (Å²) in [5.41, 5.74) is 0.0318. The highest BCUT2D eigenvalue weighted by Gasteiger charge is 2.18. The molecule has 0 bridgehead atoms. The van der Waals surface area contributed by atoms with Crippen LogP contribution in [0.4, 0.5) is 15.9 Å². The third-order valence-corrected chi connectivity index (χ3v) is 3.40. The lowest BCUT2D eigenvalue weighted by molar-refractivity contribution is 0.0963. The predicted molar refractivity (Wildman–Crippen MR) is 82.8 cm³/mol. The molecule has 0 unspecified atom stereocenters. The molecule has 2 N–H and O–H groups in total. The van der Waals surface area contributed by atoms with Crippen molar-refractivity contribution in [2.75, 3.05) is 12.4 Å². The van der Waals surface area contributed by atoms with Gasteiger partial charge in [0.05, 0.1) is 17.4 Å². The summed E-state index contributed by atoms with van der Waals surface area (Å²) in [6, 6.07) is 2.69. The topological polar surface area (TPSA) is 66.9 Å². The highest BCUT2D eigenvalue weighted by molar-refractivity contribution is 9.10. The summed E-state index contributed by atoms with van der Waals surface area (Å²) in [6.45, 7) is 0. The zero-order chi connectivity index (χ0) is 15.6. The van der Waals surface area contributed by atoms with Crippen LogP contribution >= 0.6 is 39.1 Å². The number of benzene rings is 1. The molecule has 0 radical (unpaired) electrons. The van der Waals surface area contributed by atoms with E-state index in [4.69, 9.17) is 23.2 Å². The van der Waals surface area contributed by atoms with Gasteiger partial charge in [-0.25, -0.2) is 9.37 Å². The fourth-order valence-corrected chi connectivity index (χ4v) is 2.27. The van der Waals surface area contributed by atoms with Gasteiger partial charge in [0.1, 0.15) is 10.8 Å². The summed E-state index contributed by atoms with van der Waals surface area (Å²) in [4.78, 5) is 19.4. The standard InChI is InChI=1S/C12H8BrCl2FN4O/c1-17-11(21)6-2-5(13)3-8(16)9(6)19-10-7(14)4-18-12(15)20-10/h2-4H,1H3,(H,17,21)(H,18,19,20). The molecule has 5 nitrogen and oxygen atoms in total. The van der Waals surface area contributed by atoms with Crippen LogP contribution in [0.2, 0.25) is 10.3 Å². The number of aromatic nitrogens is 2. The van der Waals surface area contributed by atoms with Crippen LogP contribution in [-0.2, 0) is 0 Å². The van der Waals surface area contributed by atoms with Gasteiger partial charge in [-0.2, -0.15) is 4.98 Å². The van der Waals surface area contributed by atoms with Gasteiger partial charge in [-0.3, -0.25) is 4.79 Å². The van der Waals surface area contributed by atoms with Gasteiger partial charge in [0.2, 0.25) is 5.28 Å². The molecule has 0 atom stereocenters. The lowest BCUT2D eigenvalue weighted by atomic mass is 10.1. The number of anilines is 2. The van der Waals surface area contributed by atoms with E-state index in [1.165, 1.54) is 25.4 Å². The van der Waals surface area contributed by atoms with Crippen LogP contribution in [0, 0.1) is 5.82 Å². The summed E-state index contributed by atoms with van der Waals surface area (Å²) < 4.78 is 14.6. The summed E-state index contributed by atoms with van der Waals surface area (Å²) in [6.07, 6.45) is 1.27. The second kappa shape index (κ2) is 6.55. The largest absolute Gasteiger partial charge is 0.355 e. The number of hydrogen-bond acceptors (Lipinski definition) is 4. The molecule has 0 aliphatic carbocycles. The van der Waals surface area contributed by atoms with E-state index < -0.39 is 11.7 Å². The number of nitrogens with zero attached hydrogens (tertiary/aromatic N) is 2. The van der Waals surface area contributed by atoms with Crippen molar-refractivity contribution in [2.24, 2.45) is 0 Å². The third kappa shape index (κ3) is 3.61. The molecule has 0 fully saturated rings. The molecule has 110 valence electrons. The molecule has 0 saturated carbocycles. The molecule has 21 heavy (non-hydrogen) atoms. The maximum atomic E-state index is 14.1. The normalized spacial score (nSPS) is 10.3. The number of carbonyl (C=O) groups is 1. The van der Waals surface area contributed by atoms with Crippen molar-refractivity contribution in [3.05, 3.63) is 44.5 Å². The van der Waals surface area contributed by atoms with Crippen LogP contribution in [0.15, 0.2) is 22.8 Å². The molecule has 0 aliphatic heterocycles. The number of nitrogens with one attached hydrogen (secondary N) is 2. The van der Waals surface area contributed by atoms with E-state index >= 15 is 0 Å². The molecule has 0 aliphatic rings. The Balaban J connectivity index is 2.53. The van der Waals surface area contributed by atoms with Gasteiger partial charge < -0.3 is 10.6 Å². The minimum atomic E-state index is -0.645. The Kier molecular flexibility index (Phi) is 4.97. The van der Waals surface area contributed by atoms with Crippen LogP contribution in [-0.4, -0.2) is 22.9 Å². The highest BCUT2D eigenvalue weighted by atomic mass is 79.9. The van der Waals surface area contributed by atoms with Gasteiger partial charge >= 0.3 is 0 Å². The molecular formula is C12H8BrCl2FN4O. The quantitative estimate of drug-likeness (QED) is 0.778. The second-order valence-corrected chi connectivity index (χ2v) is 5.51. The lowest BCUT2D eigenvalue weighted by Crippen LogP contribution is -2.20. The SMILES string of the molecule is CNC(=O)c1cc(Br)cc(F)c1Nc1nc(Cl)ncc1Cl. The van der Waals surface area contributed by atoms with Crippen molar-refractivity contribution >= 4 is 56.5 Å². The van der Waals surface area contributed by atoms with Crippen molar-refractivity contribution in [2.45, 2.75) is 0 Å². The number of rotatable bonds is 3. The van der Waals surface area contributed by atoms with E-state index in [9.17, 15) is 9.18 Å². The number of carbonyl (C=O) groups excluding carboxylic acids is 1. The van der Waals surface area contributed by atoms with Crippen LogP contribution < -0.4 is 10.6 Å². The molecule has 1 aromatic heterocycles. The minimum absolute atomic E-state index is 0.0547. The third-order valence-electron chi connectivity index (χ3n) is 2.48. The maximum Gasteiger partial charge on any atom is 0.253 e. The Morgan fingerprint density at radius 1 is 1.38 bits per heavy atom. The summed E-state index contributed by atoms with van der Waals surface area (Å²) in [5, 5.41) is 5.19. The number of hydrogen-bond donors (Lipinski definition) is 2. The minimum Gasteiger partial charge on any atom is -0.355 e. The zero-order valence-corrected chi connectivity index (χ0v) is 13.6. The van der Waals surface area contributed by atoms with Gasteiger partial charge in [-0.1, -0.05) is 27.5 Å². The predicted octanol–water partition coefficient (Wildman–Crippen LogP) is 3.79. The Hall–Kier alpha value is -1.44.